The van der Waals surface area contributed by atoms with Crippen molar-refractivity contribution in [3.63, 3.8) is 0 Å². The second kappa shape index (κ2) is 6.59. The number of nitrogens with zero attached hydrogens (tertiary/aromatic N) is 3. The highest BCUT2D eigenvalue weighted by Crippen LogP contribution is 2.40. The van der Waals surface area contributed by atoms with Crippen molar-refractivity contribution >= 4 is 5.91 Å². The Morgan fingerprint density at radius 1 is 1.22 bits per heavy atom. The molecule has 0 aliphatic carbocycles. The van der Waals surface area contributed by atoms with Crippen LogP contribution in [0.15, 0.2) is 54.7 Å². The van der Waals surface area contributed by atoms with Gasteiger partial charge in [-0.1, -0.05) is 36.4 Å². The molecule has 5 nitrogen and oxygen atoms in total. The Hall–Kier alpha value is -2.71. The highest BCUT2D eigenvalue weighted by atomic mass is 16.3. The van der Waals surface area contributed by atoms with E-state index >= 15 is 0 Å². The highest BCUT2D eigenvalue weighted by Gasteiger charge is 2.51. The van der Waals surface area contributed by atoms with Crippen LogP contribution in [0.25, 0.3) is 0 Å². The van der Waals surface area contributed by atoms with Crippen molar-refractivity contribution in [2.24, 2.45) is 0 Å². The molecule has 2 aromatic rings. The molecule has 1 N–H and O–H groups in total. The van der Waals surface area contributed by atoms with Gasteiger partial charge in [0.25, 0.3) is 0 Å². The van der Waals surface area contributed by atoms with Gasteiger partial charge in [-0.15, -0.1) is 0 Å². The first kappa shape index (κ1) is 15.2. The molecule has 1 saturated heterocycles. The summed E-state index contributed by atoms with van der Waals surface area (Å²) in [5.41, 5.74) is 1.63. The summed E-state index contributed by atoms with van der Waals surface area (Å²) in [7, 11) is 0. The van der Waals surface area contributed by atoms with E-state index in [2.05, 4.69) is 11.1 Å². The number of likely N-dealkylation sites (tertiary alicyclic amines) is 1. The van der Waals surface area contributed by atoms with E-state index in [1.54, 1.807) is 18.3 Å². The first-order chi connectivity index (χ1) is 11.3. The van der Waals surface area contributed by atoms with Gasteiger partial charge in [-0.2, -0.15) is 5.26 Å². The molecule has 1 aliphatic rings. The van der Waals surface area contributed by atoms with Gasteiger partial charge in [0.1, 0.15) is 6.04 Å². The number of rotatable bonds is 4. The number of carbonyl (C=O) groups excluding carboxylic acids is 1. The zero-order valence-corrected chi connectivity index (χ0v) is 12.5. The number of pyridine rings is 1. The smallest absolute Gasteiger partial charge is 0.230 e. The van der Waals surface area contributed by atoms with Crippen LogP contribution >= 0.6 is 0 Å². The summed E-state index contributed by atoms with van der Waals surface area (Å²) in [5, 5.41) is 19.2. The van der Waals surface area contributed by atoms with Crippen LogP contribution in [-0.4, -0.2) is 39.6 Å². The Morgan fingerprint density at radius 3 is 2.57 bits per heavy atom. The molecule has 3 rings (SSSR count). The lowest BCUT2D eigenvalue weighted by molar-refractivity contribution is -0.146. The van der Waals surface area contributed by atoms with Crippen molar-refractivity contribution < 1.29 is 9.90 Å². The Kier molecular flexibility index (Phi) is 4.35. The minimum absolute atomic E-state index is 0.136. The molecule has 1 fully saturated rings. The minimum atomic E-state index is -0.550. The van der Waals surface area contributed by atoms with Crippen molar-refractivity contribution in [2.45, 2.75) is 24.4 Å². The third kappa shape index (κ3) is 2.81. The molecule has 1 amide bonds. The van der Waals surface area contributed by atoms with E-state index in [4.69, 9.17) is 0 Å². The van der Waals surface area contributed by atoms with Crippen LogP contribution in [0, 0.1) is 11.3 Å². The number of hydrogen-bond donors (Lipinski definition) is 1. The van der Waals surface area contributed by atoms with Gasteiger partial charge in [-0.3, -0.25) is 9.78 Å². The molecule has 0 unspecified atom stereocenters. The second-order valence-corrected chi connectivity index (χ2v) is 5.56. The maximum atomic E-state index is 12.5. The van der Waals surface area contributed by atoms with Crippen molar-refractivity contribution in [3.05, 3.63) is 66.0 Å². The number of aliphatic hydroxyl groups excluding tert-OH is 1. The van der Waals surface area contributed by atoms with Crippen molar-refractivity contribution in [3.8, 4) is 6.07 Å². The van der Waals surface area contributed by atoms with Crippen LogP contribution in [0.1, 0.15) is 17.2 Å². The fourth-order valence-electron chi connectivity index (χ4n) is 3.17. The minimum Gasteiger partial charge on any atom is -0.394 e. The molecular weight excluding hydrogens is 290 g/mol. The van der Waals surface area contributed by atoms with Gasteiger partial charge in [0.2, 0.25) is 5.91 Å². The Balaban J connectivity index is 1.80. The summed E-state index contributed by atoms with van der Waals surface area (Å²) < 4.78 is 0. The number of hydrogen-bond acceptors (Lipinski definition) is 4. The molecule has 2 heterocycles. The summed E-state index contributed by atoms with van der Waals surface area (Å²) in [6, 6.07) is 16.2. The predicted octanol–water partition coefficient (Wildman–Crippen LogP) is 1.50. The average Bonchev–Trinajstić information content (AvgIpc) is 2.56. The van der Waals surface area contributed by atoms with Crippen LogP contribution in [0.2, 0.25) is 0 Å². The lowest BCUT2D eigenvalue weighted by Gasteiger charge is -2.51. The number of carbonyl (C=O) groups is 1. The Bertz CT molecular complexity index is 712. The first-order valence-electron chi connectivity index (χ1n) is 7.52. The number of amides is 1. The quantitative estimate of drug-likeness (QED) is 0.928. The molecule has 0 spiro atoms. The number of nitriles is 1. The van der Waals surface area contributed by atoms with Gasteiger partial charge in [0.15, 0.2) is 0 Å². The summed E-state index contributed by atoms with van der Waals surface area (Å²) in [6.07, 6.45) is 1.77. The van der Waals surface area contributed by atoms with Gasteiger partial charge < -0.3 is 10.0 Å². The van der Waals surface area contributed by atoms with E-state index in [1.807, 2.05) is 36.4 Å². The molecule has 1 aliphatic heterocycles. The van der Waals surface area contributed by atoms with Gasteiger partial charge in [0.05, 0.1) is 25.1 Å². The molecule has 1 aromatic heterocycles. The normalized spacial score (nSPS) is 23.0. The van der Waals surface area contributed by atoms with Gasteiger partial charge in [0, 0.05) is 17.8 Å². The van der Waals surface area contributed by atoms with Crippen LogP contribution in [-0.2, 0) is 11.2 Å². The number of aromatic nitrogens is 1. The molecule has 116 valence electrons. The van der Waals surface area contributed by atoms with Crippen molar-refractivity contribution in [1.82, 2.24) is 9.88 Å². The van der Waals surface area contributed by atoms with E-state index in [-0.39, 0.29) is 30.9 Å². The van der Waals surface area contributed by atoms with E-state index in [0.717, 1.165) is 5.56 Å². The second-order valence-electron chi connectivity index (χ2n) is 5.56. The van der Waals surface area contributed by atoms with Gasteiger partial charge in [-0.25, -0.2) is 0 Å². The highest BCUT2D eigenvalue weighted by molar-refractivity contribution is 5.81. The van der Waals surface area contributed by atoms with E-state index < -0.39 is 6.04 Å². The zero-order valence-electron chi connectivity index (χ0n) is 12.5. The first-order valence-corrected chi connectivity index (χ1v) is 7.52. The molecular formula is C18H17N3O2. The predicted molar refractivity (Wildman–Crippen MR) is 84.2 cm³/mol. The molecule has 0 radical (unpaired) electrons. The topological polar surface area (TPSA) is 77.2 Å². The maximum Gasteiger partial charge on any atom is 0.230 e. The SMILES string of the molecule is N#C[C@H]1[C@H](c2ccccc2)[C@@H](CO)N1C(=O)Cc1ccccn1. The summed E-state index contributed by atoms with van der Waals surface area (Å²) in [4.78, 5) is 18.2. The third-order valence-electron chi connectivity index (χ3n) is 4.26. The number of benzene rings is 1. The van der Waals surface area contributed by atoms with Crippen molar-refractivity contribution in [1.29, 1.82) is 5.26 Å². The molecule has 0 bridgehead atoms. The summed E-state index contributed by atoms with van der Waals surface area (Å²) >= 11 is 0. The fourth-order valence-corrected chi connectivity index (χ4v) is 3.17. The van der Waals surface area contributed by atoms with Crippen molar-refractivity contribution in [2.75, 3.05) is 6.61 Å². The maximum absolute atomic E-state index is 12.5. The van der Waals surface area contributed by atoms with E-state index in [1.165, 1.54) is 4.90 Å². The van der Waals surface area contributed by atoms with Crippen LogP contribution in [0.3, 0.4) is 0 Å². The molecule has 0 saturated carbocycles. The summed E-state index contributed by atoms with van der Waals surface area (Å²) in [5.74, 6) is -0.333. The van der Waals surface area contributed by atoms with Gasteiger partial charge >= 0.3 is 0 Å². The number of aliphatic hydroxyl groups is 1. The zero-order chi connectivity index (χ0) is 16.2. The molecule has 3 atom stereocenters. The largest absolute Gasteiger partial charge is 0.394 e. The summed E-state index contributed by atoms with van der Waals surface area (Å²) in [6.45, 7) is -0.161. The van der Waals surface area contributed by atoms with Crippen LogP contribution < -0.4 is 0 Å². The third-order valence-corrected chi connectivity index (χ3v) is 4.26. The molecule has 1 aromatic carbocycles. The van der Waals surface area contributed by atoms with Gasteiger partial charge in [-0.05, 0) is 17.7 Å². The van der Waals surface area contributed by atoms with E-state index in [0.29, 0.717) is 5.69 Å². The molecule has 5 heteroatoms. The standard InChI is InChI=1S/C18H17N3O2/c19-11-15-18(13-6-2-1-3-7-13)16(12-22)21(15)17(23)10-14-8-4-5-9-20-14/h1-9,15-16,18,22H,10,12H2/t15-,16+,18-/m0/s1. The average molecular weight is 307 g/mol. The van der Waals surface area contributed by atoms with Crippen LogP contribution in [0.4, 0.5) is 0 Å². The lowest BCUT2D eigenvalue weighted by atomic mass is 9.75. The fraction of sp³-hybridized carbons (Fsp3) is 0.278. The Labute approximate surface area is 134 Å². The monoisotopic (exact) mass is 307 g/mol. The van der Waals surface area contributed by atoms with Crippen LogP contribution in [0.5, 0.6) is 0 Å². The molecule has 23 heavy (non-hydrogen) atoms. The Morgan fingerprint density at radius 2 is 1.96 bits per heavy atom. The lowest BCUT2D eigenvalue weighted by Crippen LogP contribution is -2.65. The van der Waals surface area contributed by atoms with E-state index in [9.17, 15) is 15.2 Å².